The lowest BCUT2D eigenvalue weighted by atomic mass is 10.2. The Morgan fingerprint density at radius 2 is 1.74 bits per heavy atom. The first-order valence-electron chi connectivity index (χ1n) is 11.6. The van der Waals surface area contributed by atoms with Crippen LogP contribution in [0.2, 0.25) is 0 Å². The quantitative estimate of drug-likeness (QED) is 0.432. The summed E-state index contributed by atoms with van der Waals surface area (Å²) in [6, 6.07) is 15.3. The fourth-order valence-electron chi connectivity index (χ4n) is 3.98. The van der Waals surface area contributed by atoms with Gasteiger partial charge in [-0.15, -0.1) is 10.2 Å². The van der Waals surface area contributed by atoms with Gasteiger partial charge in [0.1, 0.15) is 5.75 Å². The number of thioether (sulfide) groups is 1. The maximum Gasteiger partial charge on any atom is 0.237 e. The van der Waals surface area contributed by atoms with Crippen molar-refractivity contribution >= 4 is 35.2 Å². The summed E-state index contributed by atoms with van der Waals surface area (Å²) in [5.74, 6) is 1.00. The standard InChI is InChI=1S/C25H30N6O3S/c1-18-5-7-20(8-6-18)31-24(29-14-3-4-15-29)27-28-25(31)35-17-23(33)30(16-13-22(26)32)19-9-11-21(34-2)12-10-19/h5-12H,3-4,13-17H2,1-2H3,(H2,26,32). The number of carbonyl (C=O) groups excluding carboxylic acids is 2. The van der Waals surface area contributed by atoms with Crippen LogP contribution in [0.5, 0.6) is 5.75 Å². The van der Waals surface area contributed by atoms with Crippen LogP contribution in [0, 0.1) is 6.92 Å². The number of amides is 2. The average Bonchev–Trinajstić information content (AvgIpc) is 3.53. The first-order chi connectivity index (χ1) is 17.0. The van der Waals surface area contributed by atoms with Crippen LogP contribution in [-0.4, -0.2) is 59.1 Å². The fraction of sp³-hybridized carbons (Fsp3) is 0.360. The van der Waals surface area contributed by atoms with E-state index in [1.807, 2.05) is 23.6 Å². The number of primary amides is 1. The van der Waals surface area contributed by atoms with Gasteiger partial charge in [-0.2, -0.15) is 0 Å². The van der Waals surface area contributed by atoms with E-state index < -0.39 is 5.91 Å². The molecule has 9 nitrogen and oxygen atoms in total. The molecule has 0 bridgehead atoms. The fourth-order valence-corrected chi connectivity index (χ4v) is 4.81. The molecule has 184 valence electrons. The maximum atomic E-state index is 13.3. The summed E-state index contributed by atoms with van der Waals surface area (Å²) in [7, 11) is 1.59. The van der Waals surface area contributed by atoms with Crippen molar-refractivity contribution in [1.82, 2.24) is 14.8 Å². The summed E-state index contributed by atoms with van der Waals surface area (Å²) >= 11 is 1.33. The maximum absolute atomic E-state index is 13.3. The number of nitrogens with two attached hydrogens (primary N) is 1. The van der Waals surface area contributed by atoms with Crippen molar-refractivity contribution in [2.24, 2.45) is 5.73 Å². The van der Waals surface area contributed by atoms with E-state index in [0.717, 1.165) is 37.6 Å². The van der Waals surface area contributed by atoms with Crippen LogP contribution in [0.1, 0.15) is 24.8 Å². The molecule has 2 aromatic carbocycles. The van der Waals surface area contributed by atoms with E-state index in [1.54, 1.807) is 36.3 Å². The second kappa shape index (κ2) is 11.3. The molecule has 1 aliphatic heterocycles. The third kappa shape index (κ3) is 5.94. The van der Waals surface area contributed by atoms with Gasteiger partial charge in [0.15, 0.2) is 5.16 Å². The molecular formula is C25H30N6O3S. The van der Waals surface area contributed by atoms with Gasteiger partial charge < -0.3 is 20.3 Å². The molecule has 0 unspecified atom stereocenters. The Morgan fingerprint density at radius 3 is 2.37 bits per heavy atom. The zero-order valence-corrected chi connectivity index (χ0v) is 20.8. The van der Waals surface area contributed by atoms with E-state index in [0.29, 0.717) is 16.6 Å². The Kier molecular flexibility index (Phi) is 7.91. The number of rotatable bonds is 10. The van der Waals surface area contributed by atoms with Crippen LogP contribution in [0.15, 0.2) is 53.7 Å². The lowest BCUT2D eigenvalue weighted by Gasteiger charge is -2.23. The summed E-state index contributed by atoms with van der Waals surface area (Å²) in [6.45, 7) is 4.12. The summed E-state index contributed by atoms with van der Waals surface area (Å²) in [5, 5.41) is 9.55. The molecule has 0 saturated carbocycles. The molecule has 2 amide bonds. The number of hydrogen-bond donors (Lipinski definition) is 1. The van der Waals surface area contributed by atoms with Gasteiger partial charge >= 0.3 is 0 Å². The second-order valence-electron chi connectivity index (χ2n) is 8.40. The third-order valence-corrected chi connectivity index (χ3v) is 6.80. The van der Waals surface area contributed by atoms with Crippen LogP contribution in [0.25, 0.3) is 5.69 Å². The highest BCUT2D eigenvalue weighted by Gasteiger charge is 2.24. The number of hydrogen-bond acceptors (Lipinski definition) is 7. The molecule has 1 aromatic heterocycles. The molecule has 0 spiro atoms. The number of aryl methyl sites for hydroxylation is 1. The van der Waals surface area contributed by atoms with Gasteiger partial charge in [-0.3, -0.25) is 14.2 Å². The first kappa shape index (κ1) is 24.6. The second-order valence-corrected chi connectivity index (χ2v) is 9.34. The topological polar surface area (TPSA) is 107 Å². The highest BCUT2D eigenvalue weighted by atomic mass is 32.2. The van der Waals surface area contributed by atoms with E-state index in [9.17, 15) is 9.59 Å². The molecule has 1 saturated heterocycles. The first-order valence-corrected chi connectivity index (χ1v) is 12.6. The molecule has 10 heteroatoms. The highest BCUT2D eigenvalue weighted by molar-refractivity contribution is 7.99. The highest BCUT2D eigenvalue weighted by Crippen LogP contribution is 2.29. The number of aromatic nitrogens is 3. The zero-order chi connectivity index (χ0) is 24.8. The van der Waals surface area contributed by atoms with E-state index in [4.69, 9.17) is 10.5 Å². The van der Waals surface area contributed by atoms with Crippen molar-refractivity contribution in [3.8, 4) is 11.4 Å². The Bertz CT molecular complexity index is 1160. The van der Waals surface area contributed by atoms with E-state index in [1.165, 1.54) is 17.3 Å². The SMILES string of the molecule is COc1ccc(N(CCC(N)=O)C(=O)CSc2nnc(N3CCCC3)n2-c2ccc(C)cc2)cc1. The lowest BCUT2D eigenvalue weighted by Crippen LogP contribution is -2.35. The summed E-state index contributed by atoms with van der Waals surface area (Å²) in [4.78, 5) is 28.5. The van der Waals surface area contributed by atoms with Crippen LogP contribution in [0.4, 0.5) is 11.6 Å². The molecule has 1 aliphatic rings. The van der Waals surface area contributed by atoms with Gasteiger partial charge in [-0.05, 0) is 56.2 Å². The minimum absolute atomic E-state index is 0.0705. The Hall–Kier alpha value is -3.53. The lowest BCUT2D eigenvalue weighted by molar-refractivity contribution is -0.118. The monoisotopic (exact) mass is 494 g/mol. The average molecular weight is 495 g/mol. The van der Waals surface area contributed by atoms with Crippen molar-refractivity contribution < 1.29 is 14.3 Å². The van der Waals surface area contributed by atoms with Crippen molar-refractivity contribution in [2.45, 2.75) is 31.3 Å². The van der Waals surface area contributed by atoms with Gasteiger partial charge in [0.25, 0.3) is 0 Å². The number of benzene rings is 2. The molecule has 0 aliphatic carbocycles. The smallest absolute Gasteiger partial charge is 0.237 e. The third-order valence-electron chi connectivity index (χ3n) is 5.89. The van der Waals surface area contributed by atoms with Crippen molar-refractivity contribution in [2.75, 3.05) is 42.3 Å². The van der Waals surface area contributed by atoms with Crippen molar-refractivity contribution in [1.29, 1.82) is 0 Å². The summed E-state index contributed by atoms with van der Waals surface area (Å²) in [6.07, 6.45) is 2.32. The molecule has 2 N–H and O–H groups in total. The Balaban J connectivity index is 1.57. The van der Waals surface area contributed by atoms with Crippen LogP contribution in [-0.2, 0) is 9.59 Å². The molecule has 0 atom stereocenters. The van der Waals surface area contributed by atoms with Crippen LogP contribution < -0.4 is 20.3 Å². The van der Waals surface area contributed by atoms with Gasteiger partial charge in [0.05, 0.1) is 18.6 Å². The number of carbonyl (C=O) groups is 2. The van der Waals surface area contributed by atoms with Crippen molar-refractivity contribution in [3.05, 3.63) is 54.1 Å². The number of ether oxygens (including phenoxy) is 1. The summed E-state index contributed by atoms with van der Waals surface area (Å²) < 4.78 is 7.23. The number of nitrogens with zero attached hydrogens (tertiary/aromatic N) is 5. The Morgan fingerprint density at radius 1 is 1.06 bits per heavy atom. The van der Waals surface area contributed by atoms with E-state index in [2.05, 4.69) is 27.2 Å². The largest absolute Gasteiger partial charge is 0.497 e. The molecule has 35 heavy (non-hydrogen) atoms. The van der Waals surface area contributed by atoms with Gasteiger partial charge in [-0.1, -0.05) is 29.5 Å². The molecule has 0 radical (unpaired) electrons. The van der Waals surface area contributed by atoms with Gasteiger partial charge in [0.2, 0.25) is 17.8 Å². The minimum atomic E-state index is -0.460. The van der Waals surface area contributed by atoms with E-state index in [-0.39, 0.29) is 24.6 Å². The van der Waals surface area contributed by atoms with E-state index >= 15 is 0 Å². The zero-order valence-electron chi connectivity index (χ0n) is 20.0. The molecule has 4 rings (SSSR count). The molecule has 2 heterocycles. The Labute approximate surface area is 209 Å². The number of methoxy groups -OCH3 is 1. The molecule has 3 aromatic rings. The van der Waals surface area contributed by atoms with Gasteiger partial charge in [-0.25, -0.2) is 0 Å². The van der Waals surface area contributed by atoms with Crippen LogP contribution >= 0.6 is 11.8 Å². The molecular weight excluding hydrogens is 464 g/mol. The number of anilines is 2. The molecule has 1 fully saturated rings. The predicted molar refractivity (Wildman–Crippen MR) is 137 cm³/mol. The van der Waals surface area contributed by atoms with Crippen molar-refractivity contribution in [3.63, 3.8) is 0 Å². The minimum Gasteiger partial charge on any atom is -0.497 e. The predicted octanol–water partition coefficient (Wildman–Crippen LogP) is 3.19. The van der Waals surface area contributed by atoms with Gasteiger partial charge in [0, 0.05) is 31.7 Å². The van der Waals surface area contributed by atoms with Crippen LogP contribution in [0.3, 0.4) is 0 Å². The normalized spacial score (nSPS) is 13.1. The summed E-state index contributed by atoms with van der Waals surface area (Å²) in [5.41, 5.74) is 8.16.